The summed E-state index contributed by atoms with van der Waals surface area (Å²) in [5.41, 5.74) is 4.90. The molecule has 190 valence electrons. The van der Waals surface area contributed by atoms with E-state index in [0.717, 1.165) is 38.2 Å². The third kappa shape index (κ3) is 3.62. The minimum atomic E-state index is -1.20. The Bertz CT molecular complexity index is 1620. The maximum atomic E-state index is 14.1. The number of carbonyl (C=O) groups excluding carboxylic acids is 3. The third-order valence-electron chi connectivity index (χ3n) is 7.23. The van der Waals surface area contributed by atoms with E-state index in [4.69, 9.17) is 5.11 Å². The summed E-state index contributed by atoms with van der Waals surface area (Å²) < 4.78 is 0. The van der Waals surface area contributed by atoms with Crippen LogP contribution in [0.1, 0.15) is 38.8 Å². The Morgan fingerprint density at radius 1 is 1.00 bits per heavy atom. The standard InChI is InChI=1S/C29H24N4O5/c1-16-10-12-17(13-11-16)26-25-20(18-6-2-4-8-21(18)31-25)14-23-28(37)33(29(38)32(23)26)22-9-5-3-7-19(22)27(36)30-15-24(34)35/h2-13,23,26,31H,14-15H2,1H3,(H,30,36)(H,34,35). The number of carboxylic acid groups (broad SMARTS) is 1. The monoisotopic (exact) mass is 508 g/mol. The summed E-state index contributed by atoms with van der Waals surface area (Å²) in [5, 5.41) is 12.3. The highest BCUT2D eigenvalue weighted by atomic mass is 16.4. The van der Waals surface area contributed by atoms with Gasteiger partial charge < -0.3 is 15.4 Å². The van der Waals surface area contributed by atoms with Crippen LogP contribution in [0.25, 0.3) is 10.9 Å². The highest BCUT2D eigenvalue weighted by molar-refractivity contribution is 6.24. The Labute approximate surface area is 217 Å². The van der Waals surface area contributed by atoms with Crippen molar-refractivity contribution < 1.29 is 24.3 Å². The average Bonchev–Trinajstić information content (AvgIpc) is 3.41. The molecule has 38 heavy (non-hydrogen) atoms. The van der Waals surface area contributed by atoms with Gasteiger partial charge >= 0.3 is 12.0 Å². The van der Waals surface area contributed by atoms with Crippen molar-refractivity contribution in [2.45, 2.75) is 25.4 Å². The molecule has 1 fully saturated rings. The lowest BCUT2D eigenvalue weighted by molar-refractivity contribution is -0.135. The van der Waals surface area contributed by atoms with E-state index >= 15 is 0 Å². The van der Waals surface area contributed by atoms with Crippen molar-refractivity contribution in [2.75, 3.05) is 11.4 Å². The van der Waals surface area contributed by atoms with Crippen molar-refractivity contribution >= 4 is 40.4 Å². The van der Waals surface area contributed by atoms with Crippen LogP contribution in [0, 0.1) is 6.92 Å². The van der Waals surface area contributed by atoms with E-state index in [1.807, 2.05) is 55.5 Å². The summed E-state index contributed by atoms with van der Waals surface area (Å²) in [6, 6.07) is 20.1. The predicted octanol–water partition coefficient (Wildman–Crippen LogP) is 3.77. The Balaban J connectivity index is 1.47. The topological polar surface area (TPSA) is 123 Å². The van der Waals surface area contributed by atoms with Crippen molar-refractivity contribution in [1.29, 1.82) is 0 Å². The van der Waals surface area contributed by atoms with E-state index < -0.39 is 42.4 Å². The van der Waals surface area contributed by atoms with E-state index in [1.165, 1.54) is 12.1 Å². The van der Waals surface area contributed by atoms with Crippen molar-refractivity contribution in [1.82, 2.24) is 15.2 Å². The molecular weight excluding hydrogens is 484 g/mol. The molecule has 9 heteroatoms. The summed E-state index contributed by atoms with van der Waals surface area (Å²) in [6.45, 7) is 1.40. The number of aryl methyl sites for hydroxylation is 1. The number of aliphatic carboxylic acids is 1. The average molecular weight is 509 g/mol. The number of nitrogens with one attached hydrogen (secondary N) is 2. The number of hydrogen-bond acceptors (Lipinski definition) is 4. The number of hydrogen-bond donors (Lipinski definition) is 3. The van der Waals surface area contributed by atoms with E-state index in [-0.39, 0.29) is 11.3 Å². The minimum absolute atomic E-state index is 0.0474. The summed E-state index contributed by atoms with van der Waals surface area (Å²) in [6.07, 6.45) is 0.330. The lowest BCUT2D eigenvalue weighted by Crippen LogP contribution is -2.44. The van der Waals surface area contributed by atoms with Gasteiger partial charge in [-0.2, -0.15) is 0 Å². The van der Waals surface area contributed by atoms with Crippen LogP contribution in [0.4, 0.5) is 10.5 Å². The van der Waals surface area contributed by atoms with Gasteiger partial charge in [-0.1, -0.05) is 60.2 Å². The van der Waals surface area contributed by atoms with E-state index in [9.17, 15) is 19.2 Å². The molecule has 2 atom stereocenters. The first-order valence-electron chi connectivity index (χ1n) is 12.3. The van der Waals surface area contributed by atoms with E-state index in [2.05, 4.69) is 10.3 Å². The van der Waals surface area contributed by atoms with Crippen LogP contribution >= 0.6 is 0 Å². The normalized spacial score (nSPS) is 18.4. The van der Waals surface area contributed by atoms with Crippen molar-refractivity contribution in [2.24, 2.45) is 0 Å². The number of anilines is 1. The molecule has 9 nitrogen and oxygen atoms in total. The zero-order valence-electron chi connectivity index (χ0n) is 20.5. The molecule has 0 radical (unpaired) electrons. The molecule has 4 amide bonds. The van der Waals surface area contributed by atoms with Crippen molar-refractivity contribution in [3.63, 3.8) is 0 Å². The Morgan fingerprint density at radius 3 is 2.47 bits per heavy atom. The van der Waals surface area contributed by atoms with Gasteiger partial charge in [-0.3, -0.25) is 19.3 Å². The van der Waals surface area contributed by atoms with Gasteiger partial charge in [0.2, 0.25) is 0 Å². The molecule has 3 N–H and O–H groups in total. The van der Waals surface area contributed by atoms with Gasteiger partial charge in [-0.15, -0.1) is 0 Å². The lowest BCUT2D eigenvalue weighted by atomic mass is 9.88. The Kier molecular flexibility index (Phi) is 5.48. The van der Waals surface area contributed by atoms with Gasteiger partial charge in [0.1, 0.15) is 18.6 Å². The minimum Gasteiger partial charge on any atom is -0.480 e. The number of amides is 4. The maximum absolute atomic E-state index is 14.1. The quantitative estimate of drug-likeness (QED) is 0.354. The molecule has 0 saturated carbocycles. The van der Waals surface area contributed by atoms with Crippen LogP contribution in [-0.4, -0.2) is 51.4 Å². The second-order valence-corrected chi connectivity index (χ2v) is 9.55. The molecule has 3 heterocycles. The van der Waals surface area contributed by atoms with Gasteiger partial charge in [0.15, 0.2) is 0 Å². The summed E-state index contributed by atoms with van der Waals surface area (Å²) in [4.78, 5) is 57.9. The number of H-pyrrole nitrogens is 1. The van der Waals surface area contributed by atoms with Crippen LogP contribution in [-0.2, 0) is 16.0 Å². The lowest BCUT2D eigenvalue weighted by Gasteiger charge is -2.36. The summed E-state index contributed by atoms with van der Waals surface area (Å²) >= 11 is 0. The molecule has 0 bridgehead atoms. The molecule has 0 aliphatic carbocycles. The highest BCUT2D eigenvalue weighted by Crippen LogP contribution is 2.45. The van der Waals surface area contributed by atoms with Gasteiger partial charge in [-0.25, -0.2) is 9.69 Å². The molecule has 2 aliphatic rings. The highest BCUT2D eigenvalue weighted by Gasteiger charge is 2.53. The fourth-order valence-corrected chi connectivity index (χ4v) is 5.50. The number of aromatic nitrogens is 1. The van der Waals surface area contributed by atoms with Crippen LogP contribution in [0.3, 0.4) is 0 Å². The van der Waals surface area contributed by atoms with Crippen LogP contribution in [0.15, 0.2) is 72.8 Å². The van der Waals surface area contributed by atoms with Gasteiger partial charge in [0.05, 0.1) is 11.3 Å². The Hall–Kier alpha value is -4.92. The fraction of sp³-hybridized carbons (Fsp3) is 0.172. The van der Waals surface area contributed by atoms with Crippen molar-refractivity contribution in [3.05, 3.63) is 101 Å². The summed E-state index contributed by atoms with van der Waals surface area (Å²) in [5.74, 6) is -2.31. The fourth-order valence-electron chi connectivity index (χ4n) is 5.50. The molecule has 4 aromatic rings. The van der Waals surface area contributed by atoms with E-state index in [1.54, 1.807) is 17.0 Å². The van der Waals surface area contributed by atoms with E-state index in [0.29, 0.717) is 6.42 Å². The number of benzene rings is 3. The molecule has 2 unspecified atom stereocenters. The molecular formula is C29H24N4O5. The SMILES string of the molecule is Cc1ccc(C2c3[nH]c4ccccc4c3CC3C(=O)N(c4ccccc4C(=O)NCC(=O)O)C(=O)N32)cc1. The molecule has 0 spiro atoms. The largest absolute Gasteiger partial charge is 0.480 e. The number of nitrogens with zero attached hydrogens (tertiary/aromatic N) is 2. The number of rotatable bonds is 5. The smallest absolute Gasteiger partial charge is 0.332 e. The molecule has 2 aliphatic heterocycles. The van der Waals surface area contributed by atoms with Gasteiger partial charge in [0, 0.05) is 23.0 Å². The maximum Gasteiger partial charge on any atom is 0.332 e. The number of imide groups is 1. The number of carbonyl (C=O) groups is 4. The molecule has 1 aromatic heterocycles. The van der Waals surface area contributed by atoms with Crippen molar-refractivity contribution in [3.8, 4) is 0 Å². The third-order valence-corrected chi connectivity index (χ3v) is 7.23. The van der Waals surface area contributed by atoms with Gasteiger partial charge in [-0.05, 0) is 36.2 Å². The van der Waals surface area contributed by atoms with Crippen LogP contribution in [0.5, 0.6) is 0 Å². The number of carboxylic acids is 1. The number of aromatic amines is 1. The molecule has 3 aromatic carbocycles. The van der Waals surface area contributed by atoms with Crippen LogP contribution in [0.2, 0.25) is 0 Å². The first kappa shape index (κ1) is 23.5. The second kappa shape index (κ2) is 8.88. The second-order valence-electron chi connectivity index (χ2n) is 9.55. The zero-order chi connectivity index (χ0) is 26.6. The predicted molar refractivity (Wildman–Crippen MR) is 140 cm³/mol. The number of para-hydroxylation sites is 2. The Morgan fingerprint density at radius 2 is 1.71 bits per heavy atom. The zero-order valence-corrected chi connectivity index (χ0v) is 20.5. The first-order chi connectivity index (χ1) is 18.3. The van der Waals surface area contributed by atoms with Crippen LogP contribution < -0.4 is 10.2 Å². The molecule has 1 saturated heterocycles. The summed E-state index contributed by atoms with van der Waals surface area (Å²) in [7, 11) is 0. The number of urea groups is 1. The first-order valence-corrected chi connectivity index (χ1v) is 12.3. The molecule has 6 rings (SSSR count). The number of fused-ring (bicyclic) bond motifs is 4. The van der Waals surface area contributed by atoms with Gasteiger partial charge in [0.25, 0.3) is 11.8 Å².